The first kappa shape index (κ1) is 13.5. The lowest BCUT2D eigenvalue weighted by atomic mass is 10.1. The molecule has 0 N–H and O–H groups in total. The molecule has 0 spiro atoms. The third-order valence-corrected chi connectivity index (χ3v) is 3.91. The first-order valence-electron chi connectivity index (χ1n) is 7.39. The van der Waals surface area contributed by atoms with Crippen LogP contribution in [0.4, 0.5) is 5.69 Å². The van der Waals surface area contributed by atoms with Crippen molar-refractivity contribution in [2.45, 2.75) is 0 Å². The Morgan fingerprint density at radius 2 is 1.17 bits per heavy atom. The van der Waals surface area contributed by atoms with E-state index in [1.165, 1.54) is 4.90 Å². The highest BCUT2D eigenvalue weighted by Gasteiger charge is 2.31. The van der Waals surface area contributed by atoms with Crippen LogP contribution in [0.1, 0.15) is 20.7 Å². The molecule has 0 saturated heterocycles. The molecule has 0 unspecified atom stereocenters. The minimum absolute atomic E-state index is 0.312. The standard InChI is InChI=1S/C20H13NO2/c22-19(14-7-3-1-4-8-14)21(18-12-11-16-13-17(16)18)20(23)15-9-5-2-6-10-15/h1-13H. The Morgan fingerprint density at radius 3 is 1.57 bits per heavy atom. The third kappa shape index (κ3) is 2.32. The maximum Gasteiger partial charge on any atom is 0.265 e. The zero-order valence-corrected chi connectivity index (χ0v) is 12.3. The predicted molar refractivity (Wildman–Crippen MR) is 89.5 cm³/mol. The third-order valence-electron chi connectivity index (χ3n) is 3.91. The molecular formula is C20H13NO2. The molecule has 2 aromatic carbocycles. The van der Waals surface area contributed by atoms with Crippen LogP contribution in [0, 0.1) is 0 Å². The lowest BCUT2D eigenvalue weighted by Crippen LogP contribution is -2.36. The van der Waals surface area contributed by atoms with Gasteiger partial charge in [0.2, 0.25) is 0 Å². The van der Waals surface area contributed by atoms with Crippen molar-refractivity contribution < 1.29 is 9.59 Å². The van der Waals surface area contributed by atoms with Crippen LogP contribution in [0.3, 0.4) is 0 Å². The van der Waals surface area contributed by atoms with Crippen LogP contribution < -0.4 is 4.90 Å². The maximum absolute atomic E-state index is 12.9. The SMILES string of the molecule is O=C(c1ccccc1)N(C(=O)c1ccccc1)c1ccc2cc1-2. The zero-order chi connectivity index (χ0) is 15.8. The molecule has 2 aliphatic rings. The number of hydrogen-bond acceptors (Lipinski definition) is 2. The Balaban J connectivity index is 1.78. The molecule has 0 aliphatic heterocycles. The van der Waals surface area contributed by atoms with E-state index in [9.17, 15) is 9.59 Å². The fourth-order valence-electron chi connectivity index (χ4n) is 2.66. The van der Waals surface area contributed by atoms with Crippen molar-refractivity contribution in [2.75, 3.05) is 4.90 Å². The molecule has 0 fully saturated rings. The van der Waals surface area contributed by atoms with E-state index in [-0.39, 0.29) is 11.8 Å². The summed E-state index contributed by atoms with van der Waals surface area (Å²) in [5, 5.41) is 0. The number of rotatable bonds is 3. The summed E-state index contributed by atoms with van der Waals surface area (Å²) in [6, 6.07) is 23.5. The molecule has 0 saturated carbocycles. The second-order valence-electron chi connectivity index (χ2n) is 5.41. The summed E-state index contributed by atoms with van der Waals surface area (Å²) in [5.41, 5.74) is 3.70. The van der Waals surface area contributed by atoms with Gasteiger partial charge in [-0.2, -0.15) is 0 Å². The molecule has 0 bridgehead atoms. The van der Waals surface area contributed by atoms with Gasteiger partial charge in [0.25, 0.3) is 11.8 Å². The van der Waals surface area contributed by atoms with Crippen LogP contribution in [-0.4, -0.2) is 11.8 Å². The molecule has 2 aliphatic carbocycles. The van der Waals surface area contributed by atoms with Gasteiger partial charge in [-0.15, -0.1) is 0 Å². The van der Waals surface area contributed by atoms with Crippen molar-refractivity contribution in [1.82, 2.24) is 0 Å². The minimum atomic E-state index is -0.312. The molecule has 0 heterocycles. The van der Waals surface area contributed by atoms with E-state index in [1.807, 2.05) is 30.3 Å². The van der Waals surface area contributed by atoms with Gasteiger partial charge < -0.3 is 0 Å². The summed E-state index contributed by atoms with van der Waals surface area (Å²) >= 11 is 0. The monoisotopic (exact) mass is 299 g/mol. The summed E-state index contributed by atoms with van der Waals surface area (Å²) in [6.07, 6.45) is 0. The topological polar surface area (TPSA) is 37.4 Å². The Bertz CT molecular complexity index is 850. The van der Waals surface area contributed by atoms with Crippen molar-refractivity contribution in [1.29, 1.82) is 0 Å². The average molecular weight is 299 g/mol. The van der Waals surface area contributed by atoms with Gasteiger partial charge >= 0.3 is 0 Å². The van der Waals surface area contributed by atoms with Gasteiger partial charge in [0.15, 0.2) is 0 Å². The average Bonchev–Trinajstić information content (AvgIpc) is 3.29. The van der Waals surface area contributed by atoms with E-state index >= 15 is 0 Å². The van der Waals surface area contributed by atoms with E-state index in [2.05, 4.69) is 0 Å². The molecule has 3 nitrogen and oxygen atoms in total. The summed E-state index contributed by atoms with van der Waals surface area (Å²) in [4.78, 5) is 27.1. The zero-order valence-electron chi connectivity index (χ0n) is 12.3. The Hall–Kier alpha value is -3.20. The lowest BCUT2D eigenvalue weighted by molar-refractivity contribution is 0.0898. The highest BCUT2D eigenvalue weighted by Crippen LogP contribution is 2.44. The van der Waals surface area contributed by atoms with E-state index in [4.69, 9.17) is 0 Å². The van der Waals surface area contributed by atoms with Crippen LogP contribution >= 0.6 is 0 Å². The molecule has 2 amide bonds. The summed E-state index contributed by atoms with van der Waals surface area (Å²) in [5.74, 6) is -0.624. The number of benzene rings is 3. The molecule has 0 atom stereocenters. The first-order valence-corrected chi connectivity index (χ1v) is 7.39. The van der Waals surface area contributed by atoms with Crippen LogP contribution in [0.5, 0.6) is 0 Å². The highest BCUT2D eigenvalue weighted by atomic mass is 16.2. The molecular weight excluding hydrogens is 286 g/mol. The molecule has 0 radical (unpaired) electrons. The highest BCUT2D eigenvalue weighted by molar-refractivity contribution is 6.27. The van der Waals surface area contributed by atoms with Crippen LogP contribution in [-0.2, 0) is 0 Å². The minimum Gasteiger partial charge on any atom is -0.268 e. The second kappa shape index (κ2) is 5.21. The number of fused-ring (bicyclic) bond motifs is 1. The Kier molecular flexibility index (Phi) is 3.05. The van der Waals surface area contributed by atoms with Crippen molar-refractivity contribution in [3.8, 4) is 11.1 Å². The van der Waals surface area contributed by atoms with E-state index < -0.39 is 0 Å². The van der Waals surface area contributed by atoms with E-state index in [1.54, 1.807) is 48.5 Å². The number of nitrogens with zero attached hydrogens (tertiary/aromatic N) is 1. The number of carbonyl (C=O) groups excluding carboxylic acids is 2. The smallest absolute Gasteiger partial charge is 0.265 e. The van der Waals surface area contributed by atoms with Gasteiger partial charge in [-0.25, -0.2) is 4.90 Å². The fourth-order valence-corrected chi connectivity index (χ4v) is 2.66. The molecule has 0 aromatic heterocycles. The lowest BCUT2D eigenvalue weighted by Gasteiger charge is -2.20. The quantitative estimate of drug-likeness (QED) is 0.533. The summed E-state index contributed by atoms with van der Waals surface area (Å²) in [7, 11) is 0. The number of anilines is 1. The number of imide groups is 1. The largest absolute Gasteiger partial charge is 0.268 e. The van der Waals surface area contributed by atoms with Gasteiger partial charge in [0, 0.05) is 16.7 Å². The fraction of sp³-hybridized carbons (Fsp3) is 0. The summed E-state index contributed by atoms with van der Waals surface area (Å²) in [6.45, 7) is 0. The number of amides is 2. The van der Waals surface area contributed by atoms with Gasteiger partial charge in [0.05, 0.1) is 5.69 Å². The van der Waals surface area contributed by atoms with Gasteiger partial charge in [0.1, 0.15) is 0 Å². The molecule has 4 rings (SSSR count). The molecule has 2 aromatic rings. The molecule has 3 heteroatoms. The first-order chi connectivity index (χ1) is 11.3. The Morgan fingerprint density at radius 1 is 0.652 bits per heavy atom. The summed E-state index contributed by atoms with van der Waals surface area (Å²) < 4.78 is 0. The number of hydrogen-bond donors (Lipinski definition) is 0. The van der Waals surface area contributed by atoms with Crippen LogP contribution in [0.25, 0.3) is 11.1 Å². The normalized spacial score (nSPS) is 11.0. The second-order valence-corrected chi connectivity index (χ2v) is 5.41. The van der Waals surface area contributed by atoms with Gasteiger partial charge in [-0.05, 0) is 42.0 Å². The van der Waals surface area contributed by atoms with Gasteiger partial charge in [-0.3, -0.25) is 9.59 Å². The molecule has 23 heavy (non-hydrogen) atoms. The van der Waals surface area contributed by atoms with Gasteiger partial charge in [-0.1, -0.05) is 42.5 Å². The predicted octanol–water partition coefficient (Wildman–Crippen LogP) is 4.15. The molecule has 110 valence electrons. The van der Waals surface area contributed by atoms with Crippen molar-refractivity contribution in [3.63, 3.8) is 0 Å². The van der Waals surface area contributed by atoms with Crippen molar-refractivity contribution in [3.05, 3.63) is 90.0 Å². The van der Waals surface area contributed by atoms with Crippen molar-refractivity contribution >= 4 is 17.5 Å². The van der Waals surface area contributed by atoms with Crippen LogP contribution in [0.2, 0.25) is 0 Å². The maximum atomic E-state index is 12.9. The Labute approximate surface area is 133 Å². The van der Waals surface area contributed by atoms with E-state index in [0.29, 0.717) is 16.8 Å². The van der Waals surface area contributed by atoms with E-state index in [0.717, 1.165) is 11.1 Å². The van der Waals surface area contributed by atoms with Crippen molar-refractivity contribution in [2.24, 2.45) is 0 Å². The number of carbonyl (C=O) groups is 2. The van der Waals surface area contributed by atoms with Crippen LogP contribution in [0.15, 0.2) is 78.9 Å².